The molecule has 2 aliphatic heterocycles. The average Bonchev–Trinajstić information content (AvgIpc) is 2.60. The zero-order chi connectivity index (χ0) is 9.31. The van der Waals surface area contributed by atoms with Crippen molar-refractivity contribution in [3.05, 3.63) is 11.9 Å². The highest BCUT2D eigenvalue weighted by molar-refractivity contribution is 5.18. The Kier molecular flexibility index (Phi) is 2.39. The first-order chi connectivity index (χ1) is 6.30. The average molecular weight is 185 g/mol. The van der Waals surface area contributed by atoms with Crippen LogP contribution >= 0.6 is 0 Å². The molecule has 0 aromatic rings. The van der Waals surface area contributed by atoms with Crippen LogP contribution in [0.3, 0.4) is 0 Å². The Morgan fingerprint density at radius 2 is 2.54 bits per heavy atom. The van der Waals surface area contributed by atoms with E-state index in [1.54, 1.807) is 7.11 Å². The molecule has 0 aromatic heterocycles. The van der Waals surface area contributed by atoms with Crippen molar-refractivity contribution in [2.24, 2.45) is 0 Å². The van der Waals surface area contributed by atoms with Gasteiger partial charge in [0.1, 0.15) is 0 Å². The number of ether oxygens (including phenoxy) is 1. The van der Waals surface area contributed by atoms with E-state index in [1.165, 1.54) is 6.42 Å². The summed E-state index contributed by atoms with van der Waals surface area (Å²) in [6.07, 6.45) is 4.01. The lowest BCUT2D eigenvalue weighted by Crippen LogP contribution is -2.42. The van der Waals surface area contributed by atoms with E-state index in [-0.39, 0.29) is 5.54 Å². The summed E-state index contributed by atoms with van der Waals surface area (Å²) in [5.74, 6) is 0. The molecule has 0 N–H and O–H groups in total. The van der Waals surface area contributed by atoms with Gasteiger partial charge in [-0.15, -0.1) is 0 Å². The van der Waals surface area contributed by atoms with Gasteiger partial charge in [-0.05, 0) is 31.4 Å². The summed E-state index contributed by atoms with van der Waals surface area (Å²) in [7, 11) is 1.72. The lowest BCUT2D eigenvalue weighted by molar-refractivity contribution is 0.0656. The van der Waals surface area contributed by atoms with E-state index >= 15 is 0 Å². The summed E-state index contributed by atoms with van der Waals surface area (Å²) >= 11 is 0. The molecule has 2 saturated heterocycles. The SMILES string of the molecule is COC[C@@]12CCCN1C/C(=C\F)C2. The van der Waals surface area contributed by atoms with E-state index in [0.717, 1.165) is 44.4 Å². The van der Waals surface area contributed by atoms with Crippen molar-refractivity contribution in [2.45, 2.75) is 24.8 Å². The highest BCUT2D eigenvalue weighted by Gasteiger charge is 2.46. The maximum atomic E-state index is 12.4. The van der Waals surface area contributed by atoms with Gasteiger partial charge in [0.15, 0.2) is 0 Å². The summed E-state index contributed by atoms with van der Waals surface area (Å²) in [6, 6.07) is 0. The molecule has 13 heavy (non-hydrogen) atoms. The van der Waals surface area contributed by atoms with Gasteiger partial charge < -0.3 is 4.74 Å². The van der Waals surface area contributed by atoms with Crippen LogP contribution < -0.4 is 0 Å². The second kappa shape index (κ2) is 3.39. The minimum Gasteiger partial charge on any atom is -0.383 e. The van der Waals surface area contributed by atoms with E-state index < -0.39 is 0 Å². The van der Waals surface area contributed by atoms with Crippen LogP contribution in [0, 0.1) is 0 Å². The van der Waals surface area contributed by atoms with E-state index in [4.69, 9.17) is 4.74 Å². The van der Waals surface area contributed by atoms with Crippen molar-refractivity contribution in [1.82, 2.24) is 4.90 Å². The quantitative estimate of drug-likeness (QED) is 0.649. The zero-order valence-corrected chi connectivity index (χ0v) is 8.05. The van der Waals surface area contributed by atoms with Crippen molar-refractivity contribution in [3.63, 3.8) is 0 Å². The fraction of sp³-hybridized carbons (Fsp3) is 0.800. The second-order valence-electron chi connectivity index (χ2n) is 4.13. The standard InChI is InChI=1S/C10H16FNO/c1-13-8-10-3-2-4-12(10)7-9(5-10)6-11/h6H,2-5,7-8H2,1H3/b9-6-/t10-/m0/s1. The Bertz CT molecular complexity index is 229. The molecule has 0 unspecified atom stereocenters. The van der Waals surface area contributed by atoms with Gasteiger partial charge in [0.25, 0.3) is 0 Å². The van der Waals surface area contributed by atoms with Crippen molar-refractivity contribution in [2.75, 3.05) is 26.8 Å². The van der Waals surface area contributed by atoms with Gasteiger partial charge in [-0.1, -0.05) is 0 Å². The fourth-order valence-electron chi connectivity index (χ4n) is 2.72. The van der Waals surface area contributed by atoms with E-state index in [2.05, 4.69) is 4.90 Å². The smallest absolute Gasteiger partial charge is 0.0872 e. The molecule has 0 aromatic carbocycles. The van der Waals surface area contributed by atoms with Gasteiger partial charge in [0.05, 0.1) is 12.9 Å². The summed E-state index contributed by atoms with van der Waals surface area (Å²) in [4.78, 5) is 2.36. The third kappa shape index (κ3) is 1.40. The number of rotatable bonds is 2. The first kappa shape index (κ1) is 9.16. The normalized spacial score (nSPS) is 37.2. The van der Waals surface area contributed by atoms with Crippen LogP contribution in [-0.4, -0.2) is 37.2 Å². The topological polar surface area (TPSA) is 12.5 Å². The molecular weight excluding hydrogens is 169 g/mol. The van der Waals surface area contributed by atoms with Crippen molar-refractivity contribution in [3.8, 4) is 0 Å². The summed E-state index contributed by atoms with van der Waals surface area (Å²) < 4.78 is 17.6. The molecule has 3 heteroatoms. The number of hydrogen-bond acceptors (Lipinski definition) is 2. The van der Waals surface area contributed by atoms with Crippen molar-refractivity contribution < 1.29 is 9.13 Å². The van der Waals surface area contributed by atoms with Gasteiger partial charge >= 0.3 is 0 Å². The predicted octanol–water partition coefficient (Wildman–Crippen LogP) is 1.72. The minimum atomic E-state index is 0.132. The van der Waals surface area contributed by atoms with Gasteiger partial charge in [0.2, 0.25) is 0 Å². The fourth-order valence-corrected chi connectivity index (χ4v) is 2.72. The first-order valence-corrected chi connectivity index (χ1v) is 4.83. The van der Waals surface area contributed by atoms with Crippen LogP contribution in [0.4, 0.5) is 4.39 Å². The molecule has 74 valence electrons. The Morgan fingerprint density at radius 3 is 3.23 bits per heavy atom. The number of nitrogens with zero attached hydrogens (tertiary/aromatic N) is 1. The van der Waals surface area contributed by atoms with E-state index in [9.17, 15) is 4.39 Å². The third-order valence-electron chi connectivity index (χ3n) is 3.26. The van der Waals surface area contributed by atoms with Crippen LogP contribution in [0.1, 0.15) is 19.3 Å². The zero-order valence-electron chi connectivity index (χ0n) is 8.05. The summed E-state index contributed by atoms with van der Waals surface area (Å²) in [5.41, 5.74) is 1.06. The molecule has 2 aliphatic rings. The molecule has 0 spiro atoms. The minimum absolute atomic E-state index is 0.132. The predicted molar refractivity (Wildman–Crippen MR) is 49.2 cm³/mol. The number of halogens is 1. The monoisotopic (exact) mass is 185 g/mol. The van der Waals surface area contributed by atoms with Crippen LogP contribution in [-0.2, 0) is 4.74 Å². The number of methoxy groups -OCH3 is 1. The molecule has 2 fully saturated rings. The lowest BCUT2D eigenvalue weighted by Gasteiger charge is -2.30. The summed E-state index contributed by atoms with van der Waals surface area (Å²) in [6.45, 7) is 2.64. The van der Waals surface area contributed by atoms with E-state index in [0.29, 0.717) is 0 Å². The molecule has 0 bridgehead atoms. The number of fused-ring (bicyclic) bond motifs is 1. The second-order valence-corrected chi connectivity index (χ2v) is 4.13. The molecule has 2 heterocycles. The van der Waals surface area contributed by atoms with Gasteiger partial charge in [-0.3, -0.25) is 4.90 Å². The Morgan fingerprint density at radius 1 is 1.69 bits per heavy atom. The lowest BCUT2D eigenvalue weighted by atomic mass is 9.94. The third-order valence-corrected chi connectivity index (χ3v) is 3.26. The Labute approximate surface area is 78.4 Å². The van der Waals surface area contributed by atoms with Gasteiger partial charge in [-0.2, -0.15) is 0 Å². The van der Waals surface area contributed by atoms with Gasteiger partial charge in [0, 0.05) is 19.2 Å². The highest BCUT2D eigenvalue weighted by atomic mass is 19.1. The molecule has 1 atom stereocenters. The Balaban J connectivity index is 2.14. The molecule has 0 aliphatic carbocycles. The molecular formula is C10H16FNO. The first-order valence-electron chi connectivity index (χ1n) is 4.83. The Hall–Kier alpha value is -0.410. The molecule has 2 rings (SSSR count). The molecule has 2 nitrogen and oxygen atoms in total. The van der Waals surface area contributed by atoms with Crippen LogP contribution in [0.15, 0.2) is 11.9 Å². The molecule has 0 saturated carbocycles. The van der Waals surface area contributed by atoms with Crippen molar-refractivity contribution in [1.29, 1.82) is 0 Å². The molecule has 0 amide bonds. The van der Waals surface area contributed by atoms with Crippen molar-refractivity contribution >= 4 is 0 Å². The maximum Gasteiger partial charge on any atom is 0.0872 e. The summed E-state index contributed by atoms with van der Waals surface area (Å²) in [5, 5.41) is 0. The maximum absolute atomic E-state index is 12.4. The van der Waals surface area contributed by atoms with Crippen LogP contribution in [0.2, 0.25) is 0 Å². The highest BCUT2D eigenvalue weighted by Crippen LogP contribution is 2.41. The van der Waals surface area contributed by atoms with E-state index in [1.807, 2.05) is 0 Å². The molecule has 0 radical (unpaired) electrons. The van der Waals surface area contributed by atoms with Gasteiger partial charge in [-0.25, -0.2) is 4.39 Å². The van der Waals surface area contributed by atoms with Crippen LogP contribution in [0.5, 0.6) is 0 Å². The van der Waals surface area contributed by atoms with Crippen LogP contribution in [0.25, 0.3) is 0 Å². The number of hydrogen-bond donors (Lipinski definition) is 0. The largest absolute Gasteiger partial charge is 0.383 e.